The number of aromatic nitrogens is 2. The van der Waals surface area contributed by atoms with E-state index in [9.17, 15) is 10.2 Å². The number of H-pyrrole nitrogens is 1. The maximum absolute atomic E-state index is 9.66. The van der Waals surface area contributed by atoms with Crippen LogP contribution in [0.4, 0.5) is 0 Å². The Morgan fingerprint density at radius 3 is 2.76 bits per heavy atom. The monoisotopic (exact) mass is 284 g/mol. The molecule has 0 aliphatic rings. The highest BCUT2D eigenvalue weighted by Gasteiger charge is 2.12. The number of nitrogens with one attached hydrogen (secondary N) is 1. The Morgan fingerprint density at radius 2 is 1.95 bits per heavy atom. The van der Waals surface area contributed by atoms with Crippen molar-refractivity contribution in [1.29, 1.82) is 0 Å². The van der Waals surface area contributed by atoms with Gasteiger partial charge < -0.3 is 20.3 Å². The van der Waals surface area contributed by atoms with Crippen molar-refractivity contribution in [3.63, 3.8) is 0 Å². The van der Waals surface area contributed by atoms with Crippen molar-refractivity contribution in [3.05, 3.63) is 48.3 Å². The third-order valence-corrected chi connectivity index (χ3v) is 3.49. The molecule has 0 amide bonds. The summed E-state index contributed by atoms with van der Waals surface area (Å²) < 4.78 is 0. The van der Waals surface area contributed by atoms with Crippen LogP contribution in [0.2, 0.25) is 0 Å². The second kappa shape index (κ2) is 5.65. The Bertz CT molecular complexity index is 794. The third-order valence-electron chi connectivity index (χ3n) is 3.49. The molecular weight excluding hydrogens is 268 g/mol. The van der Waals surface area contributed by atoms with Crippen LogP contribution in [0.3, 0.4) is 0 Å². The van der Waals surface area contributed by atoms with Gasteiger partial charge in [-0.2, -0.15) is 0 Å². The van der Waals surface area contributed by atoms with Gasteiger partial charge in [0, 0.05) is 22.5 Å². The first kappa shape index (κ1) is 13.8. The fourth-order valence-electron chi connectivity index (χ4n) is 2.35. The SMILES string of the molecule is OC[C@@H](O)[C@@H](O)/C=C/c1nccc2c1[nH]c1ccccc12. The average Bonchev–Trinajstić information content (AvgIpc) is 2.91. The van der Waals surface area contributed by atoms with E-state index >= 15 is 0 Å². The highest BCUT2D eigenvalue weighted by molar-refractivity contribution is 6.08. The van der Waals surface area contributed by atoms with Crippen molar-refractivity contribution in [3.8, 4) is 0 Å². The predicted octanol–water partition coefficient (Wildman–Crippen LogP) is 1.44. The number of aliphatic hydroxyl groups is 3. The molecular formula is C16H16N2O3. The normalized spacial score (nSPS) is 15.0. The fraction of sp³-hybridized carbons (Fsp3) is 0.188. The molecule has 0 bridgehead atoms. The maximum Gasteiger partial charge on any atom is 0.106 e. The number of aromatic amines is 1. The van der Waals surface area contributed by atoms with E-state index in [0.717, 1.165) is 21.8 Å². The molecule has 5 heteroatoms. The minimum atomic E-state index is -1.19. The summed E-state index contributed by atoms with van der Waals surface area (Å²) in [6.45, 7) is -0.491. The fourth-order valence-corrected chi connectivity index (χ4v) is 2.35. The highest BCUT2D eigenvalue weighted by Crippen LogP contribution is 2.26. The lowest BCUT2D eigenvalue weighted by molar-refractivity contribution is 0.00983. The lowest BCUT2D eigenvalue weighted by atomic mass is 10.1. The molecule has 4 N–H and O–H groups in total. The second-order valence-corrected chi connectivity index (χ2v) is 4.89. The van der Waals surface area contributed by atoms with Crippen LogP contribution < -0.4 is 0 Å². The minimum Gasteiger partial charge on any atom is -0.394 e. The first-order valence-corrected chi connectivity index (χ1v) is 6.71. The number of rotatable bonds is 4. The number of fused-ring (bicyclic) bond motifs is 3. The molecule has 0 saturated carbocycles. The number of benzene rings is 1. The summed E-state index contributed by atoms with van der Waals surface area (Å²) in [6, 6.07) is 9.90. The average molecular weight is 284 g/mol. The van der Waals surface area contributed by atoms with E-state index in [1.54, 1.807) is 12.3 Å². The van der Waals surface area contributed by atoms with Gasteiger partial charge >= 0.3 is 0 Å². The third kappa shape index (κ3) is 2.54. The van der Waals surface area contributed by atoms with Crippen LogP contribution in [-0.2, 0) is 0 Å². The maximum atomic E-state index is 9.66. The van der Waals surface area contributed by atoms with Crippen molar-refractivity contribution in [2.45, 2.75) is 12.2 Å². The van der Waals surface area contributed by atoms with Gasteiger partial charge in [-0.25, -0.2) is 0 Å². The zero-order valence-corrected chi connectivity index (χ0v) is 11.3. The van der Waals surface area contributed by atoms with Gasteiger partial charge in [-0.1, -0.05) is 24.3 Å². The number of para-hydroxylation sites is 1. The summed E-state index contributed by atoms with van der Waals surface area (Å²) in [5.74, 6) is 0. The minimum absolute atomic E-state index is 0.491. The highest BCUT2D eigenvalue weighted by atomic mass is 16.4. The van der Waals surface area contributed by atoms with Crippen molar-refractivity contribution < 1.29 is 15.3 Å². The van der Waals surface area contributed by atoms with E-state index in [0.29, 0.717) is 5.69 Å². The van der Waals surface area contributed by atoms with Crippen LogP contribution in [0.1, 0.15) is 5.69 Å². The molecule has 2 heterocycles. The molecule has 3 rings (SSSR count). The van der Waals surface area contributed by atoms with Crippen LogP contribution in [0, 0.1) is 0 Å². The molecule has 0 aliphatic carbocycles. The number of hydrogen-bond acceptors (Lipinski definition) is 4. The van der Waals surface area contributed by atoms with Gasteiger partial charge in [0.25, 0.3) is 0 Å². The molecule has 0 saturated heterocycles. The van der Waals surface area contributed by atoms with Crippen molar-refractivity contribution >= 4 is 27.9 Å². The molecule has 0 fully saturated rings. The van der Waals surface area contributed by atoms with E-state index in [1.165, 1.54) is 6.08 Å². The zero-order valence-electron chi connectivity index (χ0n) is 11.3. The lowest BCUT2D eigenvalue weighted by Crippen LogP contribution is -2.27. The Labute approximate surface area is 121 Å². The molecule has 21 heavy (non-hydrogen) atoms. The standard InChI is InChI=1S/C16H16N2O3/c19-9-15(21)14(20)6-5-13-16-11(7-8-17-13)10-3-1-2-4-12(10)18-16/h1-8,14-15,18-21H,9H2/b6-5+/t14-,15+/m0/s1. The van der Waals surface area contributed by atoms with E-state index in [4.69, 9.17) is 5.11 Å². The summed E-state index contributed by atoms with van der Waals surface area (Å²) >= 11 is 0. The Kier molecular flexibility index (Phi) is 3.70. The molecule has 0 spiro atoms. The molecule has 1 aromatic carbocycles. The van der Waals surface area contributed by atoms with Crippen LogP contribution in [-0.4, -0.2) is 44.1 Å². The number of pyridine rings is 1. The van der Waals surface area contributed by atoms with Gasteiger partial charge in [-0.15, -0.1) is 0 Å². The van der Waals surface area contributed by atoms with E-state index in [1.807, 2.05) is 30.3 Å². The lowest BCUT2D eigenvalue weighted by Gasteiger charge is -2.10. The predicted molar refractivity (Wildman–Crippen MR) is 81.7 cm³/mol. The van der Waals surface area contributed by atoms with Crippen LogP contribution in [0.15, 0.2) is 42.6 Å². The van der Waals surface area contributed by atoms with Crippen molar-refractivity contribution in [2.75, 3.05) is 6.61 Å². The molecule has 3 aromatic rings. The quantitative estimate of drug-likeness (QED) is 0.583. The number of aliphatic hydroxyl groups excluding tert-OH is 3. The molecule has 0 radical (unpaired) electrons. The van der Waals surface area contributed by atoms with Gasteiger partial charge in [0.1, 0.15) is 12.2 Å². The summed E-state index contributed by atoms with van der Waals surface area (Å²) in [5.41, 5.74) is 2.57. The number of nitrogens with zero attached hydrogens (tertiary/aromatic N) is 1. The van der Waals surface area contributed by atoms with Gasteiger partial charge in [-0.05, 0) is 18.2 Å². The second-order valence-electron chi connectivity index (χ2n) is 4.89. The van der Waals surface area contributed by atoms with Gasteiger partial charge in [0.05, 0.1) is 17.8 Å². The molecule has 0 aliphatic heterocycles. The number of hydrogen-bond donors (Lipinski definition) is 4. The zero-order chi connectivity index (χ0) is 14.8. The Hall–Kier alpha value is -2.21. The van der Waals surface area contributed by atoms with Gasteiger partial charge in [0.2, 0.25) is 0 Å². The van der Waals surface area contributed by atoms with E-state index < -0.39 is 18.8 Å². The smallest absolute Gasteiger partial charge is 0.106 e. The molecule has 2 atom stereocenters. The largest absolute Gasteiger partial charge is 0.394 e. The molecule has 0 unspecified atom stereocenters. The Balaban J connectivity index is 2.05. The van der Waals surface area contributed by atoms with Crippen molar-refractivity contribution in [1.82, 2.24) is 9.97 Å². The Morgan fingerprint density at radius 1 is 1.14 bits per heavy atom. The first-order chi connectivity index (χ1) is 10.2. The van der Waals surface area contributed by atoms with Crippen LogP contribution >= 0.6 is 0 Å². The summed E-state index contributed by atoms with van der Waals surface area (Å²) in [6.07, 6.45) is 2.45. The van der Waals surface area contributed by atoms with E-state index in [2.05, 4.69) is 9.97 Å². The van der Waals surface area contributed by atoms with Crippen molar-refractivity contribution in [2.24, 2.45) is 0 Å². The van der Waals surface area contributed by atoms with Gasteiger partial charge in [0.15, 0.2) is 0 Å². The van der Waals surface area contributed by atoms with Crippen LogP contribution in [0.25, 0.3) is 27.9 Å². The van der Waals surface area contributed by atoms with Gasteiger partial charge in [-0.3, -0.25) is 4.98 Å². The molecule has 5 nitrogen and oxygen atoms in total. The molecule has 108 valence electrons. The summed E-state index contributed by atoms with van der Waals surface area (Å²) in [5, 5.41) is 30.0. The summed E-state index contributed by atoms with van der Waals surface area (Å²) in [7, 11) is 0. The van der Waals surface area contributed by atoms with E-state index in [-0.39, 0.29) is 0 Å². The molecule has 2 aromatic heterocycles. The summed E-state index contributed by atoms with van der Waals surface area (Å²) in [4.78, 5) is 7.59. The van der Waals surface area contributed by atoms with Crippen LogP contribution in [0.5, 0.6) is 0 Å². The topological polar surface area (TPSA) is 89.4 Å². The first-order valence-electron chi connectivity index (χ1n) is 6.71.